The van der Waals surface area contributed by atoms with Gasteiger partial charge in [-0.05, 0) is 31.0 Å². The topological polar surface area (TPSA) is 98.2 Å². The number of nitrogens with two attached hydrogens (primary N) is 2. The summed E-state index contributed by atoms with van der Waals surface area (Å²) in [6, 6.07) is 7.07. The Hall–Kier alpha value is -1.59. The van der Waals surface area contributed by atoms with Gasteiger partial charge in [0.05, 0.1) is 6.42 Å². The highest BCUT2D eigenvalue weighted by Crippen LogP contribution is 2.10. The number of anilines is 1. The molecule has 1 aromatic carbocycles. The fourth-order valence-electron chi connectivity index (χ4n) is 1.49. The number of carbonyl (C=O) groups is 2. The Balaban J connectivity index is 0.00000324. The van der Waals surface area contributed by atoms with Crippen LogP contribution in [0.5, 0.6) is 0 Å². The second-order valence-corrected chi connectivity index (χ2v) is 4.40. The van der Waals surface area contributed by atoms with E-state index in [1.54, 1.807) is 24.3 Å². The molecule has 0 saturated heterocycles. The van der Waals surface area contributed by atoms with Gasteiger partial charge in [0.1, 0.15) is 0 Å². The van der Waals surface area contributed by atoms with Gasteiger partial charge in [-0.1, -0.05) is 12.1 Å². The van der Waals surface area contributed by atoms with Crippen LogP contribution in [0.15, 0.2) is 24.3 Å². The predicted molar refractivity (Wildman–Crippen MR) is 78.1 cm³/mol. The molecule has 5 N–H and O–H groups in total. The molecule has 1 aromatic rings. The summed E-state index contributed by atoms with van der Waals surface area (Å²) in [6.07, 6.45) is 1.27. The number of hydrogen-bond donors (Lipinski definition) is 3. The summed E-state index contributed by atoms with van der Waals surface area (Å²) in [5.74, 6) is -0.432. The first kappa shape index (κ1) is 17.4. The summed E-state index contributed by atoms with van der Waals surface area (Å²) in [6.45, 7) is 1.87. The van der Waals surface area contributed by atoms with Gasteiger partial charge in [0, 0.05) is 18.2 Å². The second kappa shape index (κ2) is 8.50. The lowest BCUT2D eigenvalue weighted by atomic mass is 10.1. The normalized spacial score (nSPS) is 11.3. The number of primary amides is 1. The van der Waals surface area contributed by atoms with Crippen LogP contribution in [0.1, 0.15) is 25.3 Å². The molecule has 2 amide bonds. The molecule has 106 valence electrons. The SMILES string of the molecule is CC(N)CCC(=O)Nc1ccc(CC(N)=O)cc1.Cl. The summed E-state index contributed by atoms with van der Waals surface area (Å²) < 4.78 is 0. The molecule has 0 saturated carbocycles. The van der Waals surface area contributed by atoms with Gasteiger partial charge < -0.3 is 16.8 Å². The van der Waals surface area contributed by atoms with Gasteiger partial charge in [0.15, 0.2) is 0 Å². The smallest absolute Gasteiger partial charge is 0.224 e. The van der Waals surface area contributed by atoms with Crippen LogP contribution in [0.4, 0.5) is 5.69 Å². The molecule has 1 rings (SSSR count). The van der Waals surface area contributed by atoms with Crippen molar-refractivity contribution in [3.63, 3.8) is 0 Å². The van der Waals surface area contributed by atoms with Gasteiger partial charge in [0.25, 0.3) is 0 Å². The van der Waals surface area contributed by atoms with Crippen molar-refractivity contribution in [1.29, 1.82) is 0 Å². The molecule has 0 radical (unpaired) electrons. The first-order valence-electron chi connectivity index (χ1n) is 5.90. The Morgan fingerprint density at radius 2 is 1.84 bits per heavy atom. The maximum Gasteiger partial charge on any atom is 0.224 e. The van der Waals surface area contributed by atoms with Gasteiger partial charge in [0.2, 0.25) is 11.8 Å². The summed E-state index contributed by atoms with van der Waals surface area (Å²) in [4.78, 5) is 22.3. The molecule has 1 unspecified atom stereocenters. The van der Waals surface area contributed by atoms with E-state index >= 15 is 0 Å². The van der Waals surface area contributed by atoms with Crippen LogP contribution in [-0.2, 0) is 16.0 Å². The van der Waals surface area contributed by atoms with Gasteiger partial charge in [-0.2, -0.15) is 0 Å². The van der Waals surface area contributed by atoms with Crippen LogP contribution < -0.4 is 16.8 Å². The van der Waals surface area contributed by atoms with Crippen molar-refractivity contribution in [3.05, 3.63) is 29.8 Å². The van der Waals surface area contributed by atoms with Crippen LogP contribution in [0.3, 0.4) is 0 Å². The second-order valence-electron chi connectivity index (χ2n) is 4.40. The average Bonchev–Trinajstić information content (AvgIpc) is 2.28. The lowest BCUT2D eigenvalue weighted by molar-refractivity contribution is -0.117. The van der Waals surface area contributed by atoms with E-state index in [4.69, 9.17) is 11.5 Å². The van der Waals surface area contributed by atoms with Crippen LogP contribution in [0.25, 0.3) is 0 Å². The fraction of sp³-hybridized carbons (Fsp3) is 0.385. The van der Waals surface area contributed by atoms with Gasteiger partial charge in [-0.3, -0.25) is 9.59 Å². The lowest BCUT2D eigenvalue weighted by Gasteiger charge is -2.07. The van der Waals surface area contributed by atoms with Crippen LogP contribution >= 0.6 is 12.4 Å². The van der Waals surface area contributed by atoms with Crippen LogP contribution in [-0.4, -0.2) is 17.9 Å². The molecule has 19 heavy (non-hydrogen) atoms. The Morgan fingerprint density at radius 3 is 2.32 bits per heavy atom. The number of nitrogens with one attached hydrogen (secondary N) is 1. The third kappa shape index (κ3) is 7.43. The molecular formula is C13H20ClN3O2. The number of hydrogen-bond acceptors (Lipinski definition) is 3. The molecule has 0 aliphatic rings. The van der Waals surface area contributed by atoms with E-state index in [1.807, 2.05) is 6.92 Å². The van der Waals surface area contributed by atoms with Crippen molar-refractivity contribution in [3.8, 4) is 0 Å². The predicted octanol–water partition coefficient (Wildman–Crippen LogP) is 1.20. The van der Waals surface area contributed by atoms with Crippen LogP contribution in [0, 0.1) is 0 Å². The van der Waals surface area contributed by atoms with E-state index in [-0.39, 0.29) is 36.7 Å². The highest BCUT2D eigenvalue weighted by atomic mass is 35.5. The molecule has 0 spiro atoms. The number of benzene rings is 1. The van der Waals surface area contributed by atoms with E-state index in [2.05, 4.69) is 5.32 Å². The minimum absolute atomic E-state index is 0. The molecule has 6 heteroatoms. The van der Waals surface area contributed by atoms with Crippen molar-refractivity contribution in [2.24, 2.45) is 11.5 Å². The Kier molecular flexibility index (Phi) is 7.79. The van der Waals surface area contributed by atoms with E-state index in [0.717, 1.165) is 5.56 Å². The maximum absolute atomic E-state index is 11.5. The first-order chi connectivity index (χ1) is 8.47. The largest absolute Gasteiger partial charge is 0.369 e. The standard InChI is InChI=1S/C13H19N3O2.ClH/c1-9(14)2-7-13(18)16-11-5-3-10(4-6-11)8-12(15)17;/h3-6,9H,2,7-8,14H2,1H3,(H2,15,17)(H,16,18);1H. The molecule has 0 aromatic heterocycles. The monoisotopic (exact) mass is 285 g/mol. The minimum atomic E-state index is -0.372. The average molecular weight is 286 g/mol. The number of carbonyl (C=O) groups excluding carboxylic acids is 2. The summed E-state index contributed by atoms with van der Waals surface area (Å²) >= 11 is 0. The summed E-state index contributed by atoms with van der Waals surface area (Å²) in [5, 5.41) is 2.77. The molecule has 0 bridgehead atoms. The zero-order valence-corrected chi connectivity index (χ0v) is 11.7. The highest BCUT2D eigenvalue weighted by Gasteiger charge is 2.04. The quantitative estimate of drug-likeness (QED) is 0.732. The minimum Gasteiger partial charge on any atom is -0.369 e. The third-order valence-corrected chi connectivity index (χ3v) is 2.44. The molecule has 5 nitrogen and oxygen atoms in total. The molecule has 0 aliphatic heterocycles. The van der Waals surface area contributed by atoms with Gasteiger partial charge in [-0.15, -0.1) is 12.4 Å². The van der Waals surface area contributed by atoms with Crippen molar-refractivity contribution in [1.82, 2.24) is 0 Å². The fourth-order valence-corrected chi connectivity index (χ4v) is 1.49. The number of rotatable bonds is 6. The molecular weight excluding hydrogens is 266 g/mol. The number of amides is 2. The Labute approximate surface area is 119 Å². The van der Waals surface area contributed by atoms with Gasteiger partial charge >= 0.3 is 0 Å². The first-order valence-corrected chi connectivity index (χ1v) is 5.90. The Bertz CT molecular complexity index is 418. The van der Waals surface area contributed by atoms with Crippen molar-refractivity contribution >= 4 is 29.9 Å². The molecule has 0 fully saturated rings. The number of halogens is 1. The van der Waals surface area contributed by atoms with E-state index in [0.29, 0.717) is 18.5 Å². The van der Waals surface area contributed by atoms with Crippen molar-refractivity contribution < 1.29 is 9.59 Å². The van der Waals surface area contributed by atoms with E-state index in [1.165, 1.54) is 0 Å². The molecule has 0 aliphatic carbocycles. The van der Waals surface area contributed by atoms with Crippen molar-refractivity contribution in [2.75, 3.05) is 5.32 Å². The highest BCUT2D eigenvalue weighted by molar-refractivity contribution is 5.90. The lowest BCUT2D eigenvalue weighted by Crippen LogP contribution is -2.19. The zero-order chi connectivity index (χ0) is 13.5. The zero-order valence-electron chi connectivity index (χ0n) is 10.9. The molecule has 1 atom stereocenters. The van der Waals surface area contributed by atoms with E-state index in [9.17, 15) is 9.59 Å². The van der Waals surface area contributed by atoms with E-state index < -0.39 is 0 Å². The summed E-state index contributed by atoms with van der Waals surface area (Å²) in [5.41, 5.74) is 12.2. The maximum atomic E-state index is 11.5. The molecule has 0 heterocycles. The third-order valence-electron chi connectivity index (χ3n) is 2.44. The van der Waals surface area contributed by atoms with Crippen molar-refractivity contribution in [2.45, 2.75) is 32.2 Å². The summed E-state index contributed by atoms with van der Waals surface area (Å²) in [7, 11) is 0. The Morgan fingerprint density at radius 1 is 1.26 bits per heavy atom. The van der Waals surface area contributed by atoms with Gasteiger partial charge in [-0.25, -0.2) is 0 Å². The van der Waals surface area contributed by atoms with Crippen LogP contribution in [0.2, 0.25) is 0 Å².